The Morgan fingerprint density at radius 1 is 0.500 bits per heavy atom. The van der Waals surface area contributed by atoms with Crippen molar-refractivity contribution < 1.29 is 0 Å². The minimum absolute atomic E-state index is 0.594. The van der Waals surface area contributed by atoms with Gasteiger partial charge in [-0.3, -0.25) is 0 Å². The van der Waals surface area contributed by atoms with Gasteiger partial charge in [-0.15, -0.1) is 0 Å². The Kier molecular flexibility index (Phi) is 9.96. The van der Waals surface area contributed by atoms with E-state index in [0.717, 1.165) is 0 Å². The molecule has 0 saturated carbocycles. The quantitative estimate of drug-likeness (QED) is 0.153. The number of fused-ring (bicyclic) bond motifs is 2. The monoisotopic (exact) mass is 510 g/mol. The summed E-state index contributed by atoms with van der Waals surface area (Å²) >= 11 is 1.19. The molecule has 154 valence electrons. The van der Waals surface area contributed by atoms with Gasteiger partial charge in [0.1, 0.15) is 0 Å². The Bertz CT molecular complexity index is 707. The molecule has 0 aliphatic carbocycles. The van der Waals surface area contributed by atoms with E-state index in [4.69, 9.17) is 0 Å². The average molecular weight is 509 g/mol. The van der Waals surface area contributed by atoms with E-state index in [1.807, 2.05) is 0 Å². The molecule has 0 aliphatic rings. The molecule has 2 aromatic heterocycles. The van der Waals surface area contributed by atoms with Crippen molar-refractivity contribution in [3.63, 3.8) is 0 Å². The number of unbranched alkanes of at least 4 members (excludes halogenated alkanes) is 10. The molecule has 0 unspecified atom stereocenters. The summed E-state index contributed by atoms with van der Waals surface area (Å²) in [5.41, 5.74) is 0. The van der Waals surface area contributed by atoms with Gasteiger partial charge in [0.25, 0.3) is 0 Å². The van der Waals surface area contributed by atoms with Crippen molar-refractivity contribution >= 4 is 48.3 Å². The standard InChI is InChI=1S/C26H38Se2/c1-3-5-7-9-11-13-15-23-17-21-19-26-22(20-25(21)27-23)18-24(28-26)16-14-12-10-8-6-4-2/h17-20H,3-16H2,1-2H3. The molecule has 0 nitrogen and oxygen atoms in total. The van der Waals surface area contributed by atoms with Gasteiger partial charge >= 0.3 is 185 Å². The SMILES string of the molecule is CCCCCCCCc1cc2cc3[se]c(CCCCCCCC)cc3cc2[se]1. The van der Waals surface area contributed by atoms with Crippen molar-refractivity contribution in [1.29, 1.82) is 0 Å². The molecule has 1 aromatic carbocycles. The first-order valence-electron chi connectivity index (χ1n) is 11.7. The number of hydrogen-bond acceptors (Lipinski definition) is 0. The van der Waals surface area contributed by atoms with E-state index >= 15 is 0 Å². The van der Waals surface area contributed by atoms with E-state index < -0.39 is 0 Å². The fraction of sp³-hybridized carbons (Fsp3) is 0.615. The van der Waals surface area contributed by atoms with Crippen molar-refractivity contribution in [2.45, 2.75) is 104 Å². The van der Waals surface area contributed by atoms with Gasteiger partial charge in [0.2, 0.25) is 0 Å². The molecule has 0 aliphatic heterocycles. The minimum atomic E-state index is 0.594. The third-order valence-corrected chi connectivity index (χ3v) is 10.7. The summed E-state index contributed by atoms with van der Waals surface area (Å²) in [5, 5.41) is 3.13. The first kappa shape index (κ1) is 22.4. The van der Waals surface area contributed by atoms with Crippen molar-refractivity contribution in [3.05, 3.63) is 33.1 Å². The Hall–Kier alpha value is -0.261. The van der Waals surface area contributed by atoms with E-state index in [1.54, 1.807) is 28.2 Å². The van der Waals surface area contributed by atoms with Crippen LogP contribution >= 0.6 is 0 Å². The second-order valence-electron chi connectivity index (χ2n) is 8.39. The summed E-state index contributed by atoms with van der Waals surface area (Å²) in [4.78, 5) is 0. The third-order valence-electron chi connectivity index (χ3n) is 5.81. The number of hydrogen-bond donors (Lipinski definition) is 0. The Morgan fingerprint density at radius 2 is 0.893 bits per heavy atom. The summed E-state index contributed by atoms with van der Waals surface area (Å²) in [5.74, 6) is 0. The molecule has 3 rings (SSSR count). The first-order chi connectivity index (χ1) is 13.8. The van der Waals surface area contributed by atoms with E-state index in [9.17, 15) is 0 Å². The van der Waals surface area contributed by atoms with E-state index in [-0.39, 0.29) is 0 Å². The molecule has 0 amide bonds. The van der Waals surface area contributed by atoms with Crippen molar-refractivity contribution in [1.82, 2.24) is 0 Å². The molecule has 0 bridgehead atoms. The van der Waals surface area contributed by atoms with Crippen LogP contribution in [0.25, 0.3) is 19.3 Å². The normalized spacial score (nSPS) is 11.8. The van der Waals surface area contributed by atoms with Crippen LogP contribution in [0.3, 0.4) is 0 Å². The molecule has 2 heteroatoms. The number of aryl methyl sites for hydroxylation is 2. The van der Waals surface area contributed by atoms with Gasteiger partial charge in [-0.25, -0.2) is 0 Å². The zero-order valence-corrected chi connectivity index (χ0v) is 21.5. The third kappa shape index (κ3) is 6.91. The summed E-state index contributed by atoms with van der Waals surface area (Å²) in [7, 11) is 0. The van der Waals surface area contributed by atoms with Gasteiger partial charge in [0.15, 0.2) is 0 Å². The summed E-state index contributed by atoms with van der Waals surface area (Å²) < 4.78 is 6.79. The van der Waals surface area contributed by atoms with Crippen LogP contribution in [0.4, 0.5) is 0 Å². The van der Waals surface area contributed by atoms with Crippen LogP contribution in [-0.4, -0.2) is 29.0 Å². The topological polar surface area (TPSA) is 0 Å². The van der Waals surface area contributed by atoms with Crippen molar-refractivity contribution in [3.8, 4) is 0 Å². The van der Waals surface area contributed by atoms with E-state index in [1.165, 1.54) is 89.9 Å². The van der Waals surface area contributed by atoms with Gasteiger partial charge in [-0.2, -0.15) is 0 Å². The van der Waals surface area contributed by atoms with E-state index in [0.29, 0.717) is 29.0 Å². The number of rotatable bonds is 14. The van der Waals surface area contributed by atoms with Crippen LogP contribution in [0, 0.1) is 0 Å². The van der Waals surface area contributed by atoms with Gasteiger partial charge in [-0.05, 0) is 0 Å². The predicted octanol–water partition coefficient (Wildman–Crippen LogP) is 7.91. The number of benzene rings is 1. The molecular formula is C26H38Se2. The Morgan fingerprint density at radius 3 is 1.32 bits per heavy atom. The van der Waals surface area contributed by atoms with E-state index in [2.05, 4.69) is 38.1 Å². The van der Waals surface area contributed by atoms with Crippen LogP contribution in [0.1, 0.15) is 99.8 Å². The average Bonchev–Trinajstić information content (AvgIpc) is 3.27. The maximum absolute atomic E-state index is 2.55. The second-order valence-corrected chi connectivity index (χ2v) is 13.3. The zero-order valence-electron chi connectivity index (χ0n) is 18.0. The molecule has 0 fully saturated rings. The Balaban J connectivity index is 1.51. The maximum atomic E-state index is 2.55. The molecule has 28 heavy (non-hydrogen) atoms. The van der Waals surface area contributed by atoms with Crippen LogP contribution in [0.15, 0.2) is 24.3 Å². The van der Waals surface area contributed by atoms with Gasteiger partial charge in [0, 0.05) is 0 Å². The molecule has 0 radical (unpaired) electrons. The summed E-state index contributed by atoms with van der Waals surface area (Å²) in [6.45, 7) is 4.60. The van der Waals surface area contributed by atoms with Gasteiger partial charge < -0.3 is 0 Å². The Labute approximate surface area is 184 Å². The van der Waals surface area contributed by atoms with Crippen LogP contribution < -0.4 is 0 Å². The first-order valence-corrected chi connectivity index (χ1v) is 15.2. The molecule has 0 N–H and O–H groups in total. The fourth-order valence-electron chi connectivity index (χ4n) is 4.09. The fourth-order valence-corrected chi connectivity index (χ4v) is 8.86. The predicted molar refractivity (Wildman–Crippen MR) is 129 cm³/mol. The zero-order chi connectivity index (χ0) is 19.6. The molecule has 0 spiro atoms. The van der Waals surface area contributed by atoms with Gasteiger partial charge in [0.05, 0.1) is 0 Å². The summed E-state index contributed by atoms with van der Waals surface area (Å²) in [6, 6.07) is 10.2. The molecule has 0 saturated heterocycles. The van der Waals surface area contributed by atoms with Crippen LogP contribution in [0.5, 0.6) is 0 Å². The van der Waals surface area contributed by atoms with Crippen molar-refractivity contribution in [2.75, 3.05) is 0 Å². The van der Waals surface area contributed by atoms with Crippen LogP contribution in [-0.2, 0) is 12.8 Å². The second kappa shape index (κ2) is 12.4. The molecule has 3 aromatic rings. The van der Waals surface area contributed by atoms with Crippen LogP contribution in [0.2, 0.25) is 0 Å². The molecule has 2 heterocycles. The summed E-state index contributed by atoms with van der Waals surface area (Å²) in [6.07, 6.45) is 19.6. The van der Waals surface area contributed by atoms with Crippen molar-refractivity contribution in [2.24, 2.45) is 0 Å². The van der Waals surface area contributed by atoms with Gasteiger partial charge in [-0.1, -0.05) is 0 Å². The molecule has 0 atom stereocenters. The molecular weight excluding hydrogens is 470 g/mol.